The second kappa shape index (κ2) is 2.93. The number of hydrogen-bond acceptors (Lipinski definition) is 1. The molecule has 0 heterocycles. The Morgan fingerprint density at radius 1 is 1.40 bits per heavy atom. The van der Waals surface area contributed by atoms with Crippen molar-refractivity contribution in [3.8, 4) is 5.75 Å². The third-order valence-electron chi connectivity index (χ3n) is 1.37. The topological polar surface area (TPSA) is 9.23 Å². The Hall–Kier alpha value is -0.690. The van der Waals surface area contributed by atoms with Crippen LogP contribution in [0.2, 0.25) is 5.02 Å². The molecule has 10 heavy (non-hydrogen) atoms. The van der Waals surface area contributed by atoms with Crippen molar-refractivity contribution < 1.29 is 4.74 Å². The summed E-state index contributed by atoms with van der Waals surface area (Å²) in [5.41, 5.74) is 1.04. The lowest BCUT2D eigenvalue weighted by Gasteiger charge is -2.00. The van der Waals surface area contributed by atoms with E-state index in [1.54, 1.807) is 7.11 Å². The van der Waals surface area contributed by atoms with Gasteiger partial charge in [-0.2, -0.15) is 0 Å². The van der Waals surface area contributed by atoms with E-state index in [0.717, 1.165) is 16.3 Å². The number of halogens is 1. The van der Waals surface area contributed by atoms with E-state index in [4.69, 9.17) is 16.3 Å². The molecule has 0 atom stereocenters. The summed E-state index contributed by atoms with van der Waals surface area (Å²) in [5, 5.41) is 0.779. The van der Waals surface area contributed by atoms with Crippen LogP contribution in [0.4, 0.5) is 0 Å². The highest BCUT2D eigenvalue weighted by molar-refractivity contribution is 6.31. The van der Waals surface area contributed by atoms with Crippen molar-refractivity contribution in [3.63, 3.8) is 0 Å². The summed E-state index contributed by atoms with van der Waals surface area (Å²) in [6.07, 6.45) is 0. The summed E-state index contributed by atoms with van der Waals surface area (Å²) in [4.78, 5) is 0. The number of benzene rings is 1. The first-order valence-corrected chi connectivity index (χ1v) is 3.42. The van der Waals surface area contributed by atoms with Crippen molar-refractivity contribution in [2.75, 3.05) is 7.11 Å². The summed E-state index contributed by atoms with van der Waals surface area (Å²) in [5.74, 6) is 0.849. The first-order chi connectivity index (χ1) is 4.74. The average Bonchev–Trinajstić information content (AvgIpc) is 1.95. The molecule has 0 fully saturated rings. The van der Waals surface area contributed by atoms with E-state index in [9.17, 15) is 0 Å². The zero-order valence-corrected chi connectivity index (χ0v) is 6.77. The monoisotopic (exact) mass is 156 g/mol. The number of methoxy groups -OCH3 is 1. The van der Waals surface area contributed by atoms with Crippen LogP contribution >= 0.6 is 11.6 Å². The molecule has 0 aliphatic rings. The standard InChI is InChI=1S/C8H9ClO/c1-6-5-7(10-2)3-4-8(6)9/h3-5H,1-2H3. The molecule has 0 bridgehead atoms. The van der Waals surface area contributed by atoms with E-state index in [2.05, 4.69) is 0 Å². The molecule has 0 saturated carbocycles. The molecule has 1 aromatic rings. The van der Waals surface area contributed by atoms with Gasteiger partial charge in [-0.1, -0.05) is 11.6 Å². The van der Waals surface area contributed by atoms with E-state index < -0.39 is 0 Å². The predicted octanol–water partition coefficient (Wildman–Crippen LogP) is 2.66. The lowest BCUT2D eigenvalue weighted by atomic mass is 10.2. The Bertz CT molecular complexity index is 233. The molecule has 2 heteroatoms. The molecule has 0 aliphatic carbocycles. The Morgan fingerprint density at radius 2 is 2.10 bits per heavy atom. The minimum atomic E-state index is 0.779. The maximum absolute atomic E-state index is 5.78. The van der Waals surface area contributed by atoms with Gasteiger partial charge < -0.3 is 4.74 Å². The first-order valence-electron chi connectivity index (χ1n) is 3.04. The molecule has 1 aromatic carbocycles. The van der Waals surface area contributed by atoms with E-state index in [0.29, 0.717) is 0 Å². The van der Waals surface area contributed by atoms with Crippen LogP contribution in [0.1, 0.15) is 5.56 Å². The fraction of sp³-hybridized carbons (Fsp3) is 0.250. The fourth-order valence-electron chi connectivity index (χ4n) is 0.744. The molecule has 0 radical (unpaired) electrons. The molecule has 0 amide bonds. The molecule has 0 spiro atoms. The van der Waals surface area contributed by atoms with Gasteiger partial charge in [0.05, 0.1) is 7.11 Å². The van der Waals surface area contributed by atoms with Crippen molar-refractivity contribution in [2.45, 2.75) is 6.92 Å². The molecule has 0 unspecified atom stereocenters. The fourth-order valence-corrected chi connectivity index (χ4v) is 0.862. The summed E-state index contributed by atoms with van der Waals surface area (Å²) in [6, 6.07) is 5.58. The smallest absolute Gasteiger partial charge is 0.119 e. The van der Waals surface area contributed by atoms with Gasteiger partial charge in [0.15, 0.2) is 0 Å². The van der Waals surface area contributed by atoms with Crippen molar-refractivity contribution in [3.05, 3.63) is 28.8 Å². The van der Waals surface area contributed by atoms with Crippen molar-refractivity contribution in [2.24, 2.45) is 0 Å². The molecule has 0 saturated heterocycles. The highest BCUT2D eigenvalue weighted by Crippen LogP contribution is 2.20. The van der Waals surface area contributed by atoms with Gasteiger partial charge in [0.1, 0.15) is 5.75 Å². The van der Waals surface area contributed by atoms with Crippen molar-refractivity contribution in [1.29, 1.82) is 0 Å². The predicted molar refractivity (Wildman–Crippen MR) is 42.7 cm³/mol. The van der Waals surface area contributed by atoms with Gasteiger partial charge in [0.25, 0.3) is 0 Å². The SMILES string of the molecule is COc1ccc(Cl)c(C)c1. The van der Waals surface area contributed by atoms with Crippen LogP contribution in [0, 0.1) is 6.92 Å². The maximum Gasteiger partial charge on any atom is 0.119 e. The highest BCUT2D eigenvalue weighted by atomic mass is 35.5. The van der Waals surface area contributed by atoms with Gasteiger partial charge >= 0.3 is 0 Å². The van der Waals surface area contributed by atoms with Crippen LogP contribution < -0.4 is 4.74 Å². The zero-order valence-electron chi connectivity index (χ0n) is 6.02. The van der Waals surface area contributed by atoms with Crippen molar-refractivity contribution >= 4 is 11.6 Å². The lowest BCUT2D eigenvalue weighted by molar-refractivity contribution is 0.414. The second-order valence-electron chi connectivity index (χ2n) is 2.12. The van der Waals surface area contributed by atoms with Gasteiger partial charge in [-0.3, -0.25) is 0 Å². The van der Waals surface area contributed by atoms with Crippen LogP contribution in [0.25, 0.3) is 0 Å². The third-order valence-corrected chi connectivity index (χ3v) is 1.79. The highest BCUT2D eigenvalue weighted by Gasteiger charge is 1.94. The van der Waals surface area contributed by atoms with Crippen LogP contribution in [-0.4, -0.2) is 7.11 Å². The van der Waals surface area contributed by atoms with Gasteiger partial charge in [-0.05, 0) is 30.7 Å². The number of rotatable bonds is 1. The Labute approximate surface area is 65.6 Å². The average molecular weight is 157 g/mol. The summed E-state index contributed by atoms with van der Waals surface area (Å²) < 4.78 is 4.99. The van der Waals surface area contributed by atoms with Crippen LogP contribution in [0.15, 0.2) is 18.2 Å². The van der Waals surface area contributed by atoms with E-state index in [1.807, 2.05) is 25.1 Å². The summed E-state index contributed by atoms with van der Waals surface area (Å²) in [7, 11) is 1.64. The van der Waals surface area contributed by atoms with Crippen molar-refractivity contribution in [1.82, 2.24) is 0 Å². The second-order valence-corrected chi connectivity index (χ2v) is 2.52. The summed E-state index contributed by atoms with van der Waals surface area (Å²) >= 11 is 5.78. The normalized spacial score (nSPS) is 9.50. The largest absolute Gasteiger partial charge is 0.497 e. The number of aryl methyl sites for hydroxylation is 1. The van der Waals surface area contributed by atoms with E-state index >= 15 is 0 Å². The van der Waals surface area contributed by atoms with Gasteiger partial charge in [-0.25, -0.2) is 0 Å². The Morgan fingerprint density at radius 3 is 2.60 bits per heavy atom. The lowest BCUT2D eigenvalue weighted by Crippen LogP contribution is -1.82. The molecule has 1 nitrogen and oxygen atoms in total. The van der Waals surface area contributed by atoms with E-state index in [-0.39, 0.29) is 0 Å². The third kappa shape index (κ3) is 1.42. The maximum atomic E-state index is 5.78. The van der Waals surface area contributed by atoms with Crippen LogP contribution in [-0.2, 0) is 0 Å². The molecule has 54 valence electrons. The Kier molecular flexibility index (Phi) is 2.17. The number of hydrogen-bond donors (Lipinski definition) is 0. The Balaban J connectivity index is 3.04. The zero-order chi connectivity index (χ0) is 7.56. The van der Waals surface area contributed by atoms with E-state index in [1.165, 1.54) is 0 Å². The number of ether oxygens (including phenoxy) is 1. The minimum Gasteiger partial charge on any atom is -0.497 e. The van der Waals surface area contributed by atoms with Gasteiger partial charge in [-0.15, -0.1) is 0 Å². The van der Waals surface area contributed by atoms with Crippen LogP contribution in [0.3, 0.4) is 0 Å². The molecule has 1 rings (SSSR count). The quantitative estimate of drug-likeness (QED) is 0.608. The molecule has 0 N–H and O–H groups in total. The molecule has 0 aliphatic heterocycles. The summed E-state index contributed by atoms with van der Waals surface area (Å²) in [6.45, 7) is 1.95. The van der Waals surface area contributed by atoms with Gasteiger partial charge in [0, 0.05) is 5.02 Å². The van der Waals surface area contributed by atoms with Crippen LogP contribution in [0.5, 0.6) is 5.75 Å². The first kappa shape index (κ1) is 7.42. The van der Waals surface area contributed by atoms with Gasteiger partial charge in [0.2, 0.25) is 0 Å². The molecular formula is C8H9ClO. The molecule has 0 aromatic heterocycles. The minimum absolute atomic E-state index is 0.779. The molecular weight excluding hydrogens is 148 g/mol.